The van der Waals surface area contributed by atoms with Crippen LogP contribution in [0.4, 0.5) is 0 Å². The van der Waals surface area contributed by atoms with Gasteiger partial charge in [0.25, 0.3) is 5.91 Å². The van der Waals surface area contributed by atoms with Gasteiger partial charge in [-0.15, -0.1) is 0 Å². The lowest BCUT2D eigenvalue weighted by atomic mass is 10.3. The Kier molecular flexibility index (Phi) is 4.68. The smallest absolute Gasteiger partial charge is 0.257 e. The number of amides is 2. The SMILES string of the molecule is C=CC(=O)NC1CNCCN1NC(=O)C=C. The largest absolute Gasteiger partial charge is 0.334 e. The summed E-state index contributed by atoms with van der Waals surface area (Å²) in [6.45, 7) is 8.67. The van der Waals surface area contributed by atoms with Gasteiger partial charge in [0.2, 0.25) is 5.91 Å². The van der Waals surface area contributed by atoms with E-state index in [1.54, 1.807) is 5.01 Å². The highest BCUT2D eigenvalue weighted by atomic mass is 16.2. The van der Waals surface area contributed by atoms with Crippen LogP contribution in [0.3, 0.4) is 0 Å². The molecule has 0 aliphatic carbocycles. The van der Waals surface area contributed by atoms with E-state index in [1.165, 1.54) is 12.2 Å². The van der Waals surface area contributed by atoms with E-state index in [2.05, 4.69) is 29.2 Å². The lowest BCUT2D eigenvalue weighted by molar-refractivity contribution is -0.126. The van der Waals surface area contributed by atoms with Crippen molar-refractivity contribution >= 4 is 11.8 Å². The number of carbonyl (C=O) groups is 2. The highest BCUT2D eigenvalue weighted by Crippen LogP contribution is 1.96. The standard InChI is InChI=1S/C10H16N4O2/c1-3-9(15)12-8-7-11-5-6-14(8)13-10(16)4-2/h3-4,8,11H,1-2,5-7H2,(H,12,15)(H,13,16). The van der Waals surface area contributed by atoms with Gasteiger partial charge in [-0.3, -0.25) is 15.0 Å². The molecule has 0 aromatic heterocycles. The van der Waals surface area contributed by atoms with Crippen molar-refractivity contribution in [2.45, 2.75) is 6.17 Å². The van der Waals surface area contributed by atoms with Crippen molar-refractivity contribution in [3.63, 3.8) is 0 Å². The van der Waals surface area contributed by atoms with E-state index in [9.17, 15) is 9.59 Å². The molecule has 0 aromatic rings. The van der Waals surface area contributed by atoms with Crippen molar-refractivity contribution in [3.8, 4) is 0 Å². The predicted molar refractivity (Wildman–Crippen MR) is 60.0 cm³/mol. The Morgan fingerprint density at radius 2 is 2.00 bits per heavy atom. The minimum absolute atomic E-state index is 0.272. The van der Waals surface area contributed by atoms with Crippen LogP contribution in [0.5, 0.6) is 0 Å². The first kappa shape index (κ1) is 12.4. The topological polar surface area (TPSA) is 73.5 Å². The van der Waals surface area contributed by atoms with Crippen LogP contribution in [0.2, 0.25) is 0 Å². The summed E-state index contributed by atoms with van der Waals surface area (Å²) in [5, 5.41) is 7.49. The number of nitrogens with one attached hydrogen (secondary N) is 3. The molecule has 2 amide bonds. The summed E-state index contributed by atoms with van der Waals surface area (Å²) in [5.74, 6) is -0.564. The highest BCUT2D eigenvalue weighted by molar-refractivity contribution is 5.87. The third-order valence-corrected chi connectivity index (χ3v) is 2.18. The zero-order chi connectivity index (χ0) is 12.0. The second-order valence-corrected chi connectivity index (χ2v) is 3.31. The van der Waals surface area contributed by atoms with Gasteiger partial charge in [0.05, 0.1) is 0 Å². The lowest BCUT2D eigenvalue weighted by Crippen LogP contribution is -2.63. The molecule has 3 N–H and O–H groups in total. The number of carbonyl (C=O) groups excluding carboxylic acids is 2. The number of hydrazine groups is 1. The van der Waals surface area contributed by atoms with Gasteiger partial charge >= 0.3 is 0 Å². The maximum atomic E-state index is 11.2. The molecule has 1 atom stereocenters. The third kappa shape index (κ3) is 3.48. The second kappa shape index (κ2) is 6.04. The molecule has 0 saturated carbocycles. The Balaban J connectivity index is 2.56. The van der Waals surface area contributed by atoms with Crippen molar-refractivity contribution in [1.29, 1.82) is 0 Å². The maximum absolute atomic E-state index is 11.2. The summed E-state index contributed by atoms with van der Waals surface area (Å²) >= 11 is 0. The van der Waals surface area contributed by atoms with E-state index in [-0.39, 0.29) is 18.0 Å². The van der Waals surface area contributed by atoms with Crippen molar-refractivity contribution in [3.05, 3.63) is 25.3 Å². The van der Waals surface area contributed by atoms with Crippen LogP contribution in [0.15, 0.2) is 25.3 Å². The van der Waals surface area contributed by atoms with Gasteiger partial charge in [-0.2, -0.15) is 5.01 Å². The van der Waals surface area contributed by atoms with Gasteiger partial charge in [0.1, 0.15) is 6.17 Å². The normalized spacial score (nSPS) is 20.9. The van der Waals surface area contributed by atoms with Gasteiger partial charge in [-0.05, 0) is 12.2 Å². The molecule has 1 rings (SSSR count). The molecule has 6 heteroatoms. The molecule has 0 bridgehead atoms. The summed E-state index contributed by atoms with van der Waals surface area (Å²) in [4.78, 5) is 22.3. The van der Waals surface area contributed by atoms with Crippen LogP contribution in [-0.4, -0.2) is 42.6 Å². The molecule has 16 heavy (non-hydrogen) atoms. The van der Waals surface area contributed by atoms with Crippen molar-refractivity contribution in [1.82, 2.24) is 21.1 Å². The van der Waals surface area contributed by atoms with E-state index in [1.807, 2.05) is 0 Å². The van der Waals surface area contributed by atoms with Gasteiger partial charge in [-0.1, -0.05) is 13.2 Å². The van der Waals surface area contributed by atoms with E-state index < -0.39 is 0 Å². The summed E-state index contributed by atoms with van der Waals surface area (Å²) in [6.07, 6.45) is 2.11. The van der Waals surface area contributed by atoms with Crippen molar-refractivity contribution in [2.75, 3.05) is 19.6 Å². The molecular formula is C10H16N4O2. The Morgan fingerprint density at radius 1 is 1.31 bits per heavy atom. The molecule has 6 nitrogen and oxygen atoms in total. The maximum Gasteiger partial charge on any atom is 0.257 e. The average molecular weight is 224 g/mol. The first-order valence-corrected chi connectivity index (χ1v) is 5.00. The number of rotatable bonds is 4. The molecule has 1 saturated heterocycles. The fraction of sp³-hybridized carbons (Fsp3) is 0.400. The van der Waals surface area contributed by atoms with E-state index in [0.717, 1.165) is 6.54 Å². The zero-order valence-corrected chi connectivity index (χ0v) is 9.03. The quantitative estimate of drug-likeness (QED) is 0.521. The van der Waals surface area contributed by atoms with Gasteiger partial charge < -0.3 is 10.6 Å². The molecule has 1 fully saturated rings. The molecule has 1 aliphatic rings. The third-order valence-electron chi connectivity index (χ3n) is 2.18. The molecule has 1 aliphatic heterocycles. The van der Waals surface area contributed by atoms with E-state index in [4.69, 9.17) is 0 Å². The Bertz CT molecular complexity index is 273. The van der Waals surface area contributed by atoms with Crippen LogP contribution in [0, 0.1) is 0 Å². The summed E-state index contributed by atoms with van der Waals surface area (Å²) in [5.41, 5.74) is 2.64. The summed E-state index contributed by atoms with van der Waals surface area (Å²) in [6, 6.07) is 0. The van der Waals surface area contributed by atoms with Gasteiger partial charge in [-0.25, -0.2) is 0 Å². The van der Waals surface area contributed by atoms with Crippen molar-refractivity contribution < 1.29 is 9.59 Å². The monoisotopic (exact) mass is 224 g/mol. The number of hydrogen-bond donors (Lipinski definition) is 3. The zero-order valence-electron chi connectivity index (χ0n) is 9.03. The minimum Gasteiger partial charge on any atom is -0.334 e. The summed E-state index contributed by atoms with van der Waals surface area (Å²) < 4.78 is 0. The fourth-order valence-electron chi connectivity index (χ4n) is 1.38. The summed E-state index contributed by atoms with van der Waals surface area (Å²) in [7, 11) is 0. The highest BCUT2D eigenvalue weighted by Gasteiger charge is 2.23. The van der Waals surface area contributed by atoms with E-state index >= 15 is 0 Å². The molecule has 1 heterocycles. The van der Waals surface area contributed by atoms with Crippen LogP contribution < -0.4 is 16.1 Å². The molecule has 0 aromatic carbocycles. The van der Waals surface area contributed by atoms with Crippen LogP contribution in [0.25, 0.3) is 0 Å². The van der Waals surface area contributed by atoms with Crippen LogP contribution in [-0.2, 0) is 9.59 Å². The first-order valence-electron chi connectivity index (χ1n) is 5.00. The molecule has 88 valence electrons. The Hall–Kier alpha value is -1.66. The Labute approximate surface area is 94.3 Å². The van der Waals surface area contributed by atoms with Crippen molar-refractivity contribution in [2.24, 2.45) is 0 Å². The molecule has 0 spiro atoms. The first-order chi connectivity index (χ1) is 7.67. The second-order valence-electron chi connectivity index (χ2n) is 3.31. The molecular weight excluding hydrogens is 208 g/mol. The van der Waals surface area contributed by atoms with Crippen LogP contribution in [0.1, 0.15) is 0 Å². The molecule has 0 radical (unpaired) electrons. The Morgan fingerprint density at radius 3 is 2.62 bits per heavy atom. The number of hydrogen-bond acceptors (Lipinski definition) is 4. The lowest BCUT2D eigenvalue weighted by Gasteiger charge is -2.35. The predicted octanol–water partition coefficient (Wildman–Crippen LogP) is -1.26. The number of nitrogens with zero attached hydrogens (tertiary/aromatic N) is 1. The van der Waals surface area contributed by atoms with E-state index in [0.29, 0.717) is 13.1 Å². The fourth-order valence-corrected chi connectivity index (χ4v) is 1.38. The molecule has 1 unspecified atom stereocenters. The van der Waals surface area contributed by atoms with Gasteiger partial charge in [0.15, 0.2) is 0 Å². The van der Waals surface area contributed by atoms with Gasteiger partial charge in [0, 0.05) is 19.6 Å². The number of piperazine rings is 1. The van der Waals surface area contributed by atoms with Crippen LogP contribution >= 0.6 is 0 Å². The average Bonchev–Trinajstić information content (AvgIpc) is 2.31. The minimum atomic E-state index is -0.292.